The molecule has 0 atom stereocenters. The Kier molecular flexibility index (Phi) is 3.82. The van der Waals surface area contributed by atoms with Gasteiger partial charge < -0.3 is 10.7 Å². The number of anilines is 1. The van der Waals surface area contributed by atoms with Crippen molar-refractivity contribution in [3.63, 3.8) is 0 Å². The van der Waals surface area contributed by atoms with Crippen LogP contribution < -0.4 is 16.6 Å². The van der Waals surface area contributed by atoms with E-state index in [0.717, 1.165) is 17.8 Å². The van der Waals surface area contributed by atoms with Crippen molar-refractivity contribution in [2.45, 2.75) is 24.5 Å². The largest absolute Gasteiger partial charge is 0.351 e. The normalized spacial score (nSPS) is 16.2. The number of hydrogen-bond donors (Lipinski definition) is 3. The highest BCUT2D eigenvalue weighted by Gasteiger charge is 2.41. The van der Waals surface area contributed by atoms with Gasteiger partial charge >= 0.3 is 0 Å². The van der Waals surface area contributed by atoms with E-state index in [9.17, 15) is 4.79 Å². The lowest BCUT2D eigenvalue weighted by atomic mass is 10.1. The number of amides is 1. The van der Waals surface area contributed by atoms with Crippen molar-refractivity contribution in [1.29, 1.82) is 0 Å². The van der Waals surface area contributed by atoms with Gasteiger partial charge in [-0.1, -0.05) is 0 Å². The Labute approximate surface area is 112 Å². The molecule has 0 aromatic heterocycles. The van der Waals surface area contributed by atoms with Gasteiger partial charge in [-0.25, -0.2) is 0 Å². The topological polar surface area (TPSA) is 67.2 Å². The van der Waals surface area contributed by atoms with Crippen molar-refractivity contribution in [1.82, 2.24) is 5.32 Å². The van der Waals surface area contributed by atoms with E-state index in [-0.39, 0.29) is 5.91 Å². The molecule has 0 bridgehead atoms. The summed E-state index contributed by atoms with van der Waals surface area (Å²) in [7, 11) is 0. The summed E-state index contributed by atoms with van der Waals surface area (Å²) in [6, 6.07) is 5.46. The predicted octanol–water partition coefficient (Wildman–Crippen LogP) is 1.91. The number of aryl methyl sites for hydroxylation is 1. The molecule has 4 nitrogen and oxygen atoms in total. The van der Waals surface area contributed by atoms with Gasteiger partial charge in [-0.05, 0) is 49.8 Å². The van der Waals surface area contributed by atoms with Crippen LogP contribution in [-0.2, 0) is 0 Å². The van der Waals surface area contributed by atoms with Gasteiger partial charge in [0.05, 0.1) is 5.69 Å². The van der Waals surface area contributed by atoms with Crippen LogP contribution >= 0.6 is 11.8 Å². The molecule has 1 aromatic rings. The first-order valence-electron chi connectivity index (χ1n) is 6.01. The Bertz CT molecular complexity index is 458. The van der Waals surface area contributed by atoms with E-state index < -0.39 is 0 Å². The van der Waals surface area contributed by atoms with Gasteiger partial charge in [0.1, 0.15) is 0 Å². The summed E-state index contributed by atoms with van der Waals surface area (Å²) in [5, 5.41) is 3.01. The van der Waals surface area contributed by atoms with E-state index >= 15 is 0 Å². The zero-order valence-electron chi connectivity index (χ0n) is 10.7. The third-order valence-corrected chi connectivity index (χ3v) is 4.87. The van der Waals surface area contributed by atoms with Crippen molar-refractivity contribution < 1.29 is 4.79 Å². The molecule has 4 N–H and O–H groups in total. The van der Waals surface area contributed by atoms with E-state index in [1.54, 1.807) is 6.07 Å². The third-order valence-electron chi connectivity index (χ3n) is 3.46. The molecular formula is C13H19N3OS. The first kappa shape index (κ1) is 13.2. The number of nitrogens with one attached hydrogen (secondary N) is 2. The maximum absolute atomic E-state index is 12.0. The van der Waals surface area contributed by atoms with E-state index in [1.807, 2.05) is 30.8 Å². The summed E-state index contributed by atoms with van der Waals surface area (Å²) in [5.41, 5.74) is 5.10. The highest BCUT2D eigenvalue weighted by Crippen LogP contribution is 2.46. The number of hydrazine groups is 1. The lowest BCUT2D eigenvalue weighted by Gasteiger charge is -2.13. The molecule has 1 amide bonds. The van der Waals surface area contributed by atoms with Gasteiger partial charge in [-0.2, -0.15) is 11.8 Å². The number of hydrogen-bond acceptors (Lipinski definition) is 4. The second-order valence-electron chi connectivity index (χ2n) is 4.74. The summed E-state index contributed by atoms with van der Waals surface area (Å²) in [4.78, 5) is 12.0. The van der Waals surface area contributed by atoms with Crippen LogP contribution in [0.15, 0.2) is 18.2 Å². The average molecular weight is 265 g/mol. The fourth-order valence-corrected chi connectivity index (χ4v) is 2.63. The molecule has 0 unspecified atom stereocenters. The molecule has 1 aliphatic carbocycles. The number of carbonyl (C=O) groups excluding carboxylic acids is 1. The minimum Gasteiger partial charge on any atom is -0.351 e. The van der Waals surface area contributed by atoms with Crippen LogP contribution in [0.2, 0.25) is 0 Å². The van der Waals surface area contributed by atoms with E-state index in [0.29, 0.717) is 10.3 Å². The highest BCUT2D eigenvalue weighted by molar-refractivity contribution is 8.00. The summed E-state index contributed by atoms with van der Waals surface area (Å²) < 4.78 is 0.295. The first-order chi connectivity index (χ1) is 8.60. The van der Waals surface area contributed by atoms with Crippen LogP contribution in [0.3, 0.4) is 0 Å². The Morgan fingerprint density at radius 2 is 2.22 bits per heavy atom. The standard InChI is InChI=1S/C13H19N3OS/c1-9-7-10(3-4-11(9)16-14)12(17)15-8-13(18-2)5-6-13/h3-4,7,16H,5-6,8,14H2,1-2H3,(H,15,17). The Morgan fingerprint density at radius 1 is 1.50 bits per heavy atom. The number of nitrogens with two attached hydrogens (primary N) is 1. The quantitative estimate of drug-likeness (QED) is 0.562. The van der Waals surface area contributed by atoms with Crippen LogP contribution in [0.5, 0.6) is 0 Å². The summed E-state index contributed by atoms with van der Waals surface area (Å²) in [6.45, 7) is 2.68. The molecule has 1 aliphatic rings. The van der Waals surface area contributed by atoms with Crippen LogP contribution in [0.25, 0.3) is 0 Å². The maximum Gasteiger partial charge on any atom is 0.251 e. The third kappa shape index (κ3) is 2.79. The Hall–Kier alpha value is -1.20. The zero-order valence-corrected chi connectivity index (χ0v) is 11.6. The Morgan fingerprint density at radius 3 is 2.72 bits per heavy atom. The fourth-order valence-electron chi connectivity index (χ4n) is 1.90. The fraction of sp³-hybridized carbons (Fsp3) is 0.462. The lowest BCUT2D eigenvalue weighted by Crippen LogP contribution is -2.31. The molecule has 0 spiro atoms. The second-order valence-corrected chi connectivity index (χ2v) is 6.02. The van der Waals surface area contributed by atoms with Crippen LogP contribution in [-0.4, -0.2) is 23.5 Å². The molecule has 1 aromatic carbocycles. The molecule has 0 saturated heterocycles. The number of thioether (sulfide) groups is 1. The molecule has 0 aliphatic heterocycles. The molecule has 18 heavy (non-hydrogen) atoms. The number of nitrogen functional groups attached to an aromatic ring is 1. The predicted molar refractivity (Wildman–Crippen MR) is 76.8 cm³/mol. The lowest BCUT2D eigenvalue weighted by molar-refractivity contribution is 0.0953. The monoisotopic (exact) mass is 265 g/mol. The molecule has 5 heteroatoms. The van der Waals surface area contributed by atoms with Crippen molar-refractivity contribution in [2.24, 2.45) is 5.84 Å². The minimum absolute atomic E-state index is 0.0120. The molecule has 98 valence electrons. The highest BCUT2D eigenvalue weighted by atomic mass is 32.2. The smallest absolute Gasteiger partial charge is 0.251 e. The summed E-state index contributed by atoms with van der Waals surface area (Å²) >= 11 is 1.84. The van der Waals surface area contributed by atoms with E-state index in [4.69, 9.17) is 5.84 Å². The Balaban J connectivity index is 1.98. The van der Waals surface area contributed by atoms with Crippen molar-refractivity contribution >= 4 is 23.4 Å². The van der Waals surface area contributed by atoms with Gasteiger partial charge in [0.2, 0.25) is 0 Å². The van der Waals surface area contributed by atoms with Gasteiger partial charge in [-0.3, -0.25) is 10.6 Å². The molecular weight excluding hydrogens is 246 g/mol. The molecule has 0 heterocycles. The number of carbonyl (C=O) groups is 1. The van der Waals surface area contributed by atoms with Crippen LogP contribution in [0.1, 0.15) is 28.8 Å². The summed E-state index contributed by atoms with van der Waals surface area (Å²) in [5.74, 6) is 5.35. The van der Waals surface area contributed by atoms with Crippen molar-refractivity contribution in [3.8, 4) is 0 Å². The van der Waals surface area contributed by atoms with Gasteiger partial charge in [0.25, 0.3) is 5.91 Å². The average Bonchev–Trinajstić information content (AvgIpc) is 3.16. The van der Waals surface area contributed by atoms with Gasteiger partial charge in [0.15, 0.2) is 0 Å². The van der Waals surface area contributed by atoms with Crippen molar-refractivity contribution in [3.05, 3.63) is 29.3 Å². The van der Waals surface area contributed by atoms with E-state index in [2.05, 4.69) is 17.0 Å². The van der Waals surface area contributed by atoms with Gasteiger partial charge in [0, 0.05) is 16.9 Å². The van der Waals surface area contributed by atoms with Crippen molar-refractivity contribution in [2.75, 3.05) is 18.2 Å². The van der Waals surface area contributed by atoms with Crippen LogP contribution in [0, 0.1) is 6.92 Å². The molecule has 2 rings (SSSR count). The zero-order chi connectivity index (χ0) is 13.2. The molecule has 0 radical (unpaired) electrons. The summed E-state index contributed by atoms with van der Waals surface area (Å²) in [6.07, 6.45) is 4.50. The van der Waals surface area contributed by atoms with Crippen LogP contribution in [0.4, 0.5) is 5.69 Å². The van der Waals surface area contributed by atoms with Gasteiger partial charge in [-0.15, -0.1) is 0 Å². The maximum atomic E-state index is 12.0. The minimum atomic E-state index is -0.0120. The van der Waals surface area contributed by atoms with E-state index in [1.165, 1.54) is 12.8 Å². The number of rotatable bonds is 5. The number of benzene rings is 1. The first-order valence-corrected chi connectivity index (χ1v) is 7.23. The SMILES string of the molecule is CSC1(CNC(=O)c2ccc(NN)c(C)c2)CC1. The molecule has 1 fully saturated rings. The molecule has 1 saturated carbocycles. The second kappa shape index (κ2) is 5.20.